The van der Waals surface area contributed by atoms with Crippen molar-refractivity contribution >= 4 is 75.4 Å². The maximum atomic E-state index is 15.6. The molecule has 12 nitrogen and oxygen atoms in total. The summed E-state index contributed by atoms with van der Waals surface area (Å²) < 4.78 is 0. The van der Waals surface area contributed by atoms with Crippen LogP contribution < -0.4 is 10.9 Å². The second-order valence-electron chi connectivity index (χ2n) is 19.1. The molecule has 4 aliphatic rings. The molecule has 8 aromatic carbocycles. The van der Waals surface area contributed by atoms with Gasteiger partial charge in [0.05, 0.1) is 32.7 Å². The number of hydrogen-bond acceptors (Lipinski definition) is 12. The summed E-state index contributed by atoms with van der Waals surface area (Å²) in [5.41, 5.74) is 1.79. The van der Waals surface area contributed by atoms with Crippen LogP contribution in [0.3, 0.4) is 0 Å². The number of aryl methyl sites for hydroxylation is 2. The van der Waals surface area contributed by atoms with Gasteiger partial charge in [0.1, 0.15) is 34.5 Å². The van der Waals surface area contributed by atoms with Crippen molar-refractivity contribution in [2.75, 3.05) is 52.4 Å². The molecule has 6 N–H and O–H groups in total. The van der Waals surface area contributed by atoms with Crippen LogP contribution in [0.5, 0.6) is 34.5 Å². The molecule has 62 heavy (non-hydrogen) atoms. The largest absolute Gasteiger partial charge is 0.507 e. The van der Waals surface area contributed by atoms with Gasteiger partial charge < -0.3 is 30.6 Å². The Bertz CT molecular complexity index is 2880. The van der Waals surface area contributed by atoms with Gasteiger partial charge in [-0.25, -0.2) is 0 Å². The minimum absolute atomic E-state index is 0.0515. The Hall–Kier alpha value is -5.40. The van der Waals surface area contributed by atoms with Gasteiger partial charge in [0.15, 0.2) is 0 Å². The van der Waals surface area contributed by atoms with E-state index in [1.165, 1.54) is 0 Å². The monoisotopic (exact) mass is 836 g/mol. The third-order valence-corrected chi connectivity index (χ3v) is 15.8. The lowest BCUT2D eigenvalue weighted by Gasteiger charge is -2.29. The number of phenolic OH excluding ortho intramolecular Hbond substituents is 6. The van der Waals surface area contributed by atoms with Crippen LogP contribution in [-0.4, -0.2) is 103 Å². The van der Waals surface area contributed by atoms with Crippen molar-refractivity contribution in [2.24, 2.45) is 0 Å². The molecule has 0 spiro atoms. The summed E-state index contributed by atoms with van der Waals surface area (Å²) in [4.78, 5) is 40.0. The van der Waals surface area contributed by atoms with E-state index in [-0.39, 0.29) is 102 Å². The summed E-state index contributed by atoms with van der Waals surface area (Å²) >= 11 is 0. The van der Waals surface area contributed by atoms with Crippen molar-refractivity contribution in [2.45, 2.75) is 91.4 Å². The van der Waals surface area contributed by atoms with Gasteiger partial charge in [-0.05, 0) is 139 Å². The molecular weight excluding hydrogens is 785 g/mol. The Morgan fingerprint density at radius 1 is 0.306 bits per heavy atom. The van der Waals surface area contributed by atoms with Crippen LogP contribution >= 0.6 is 0 Å². The standard InChI is InChI=1S/C50H52N4O8/c1-23-25(19-51-11-3-4-12-51)43(55)39-31-29(23)30-24(2)26(20-52-13-5-6-14-52)44(56)40-32(30)34-33(31)35-37(45(57)27(21-53-15-7-8-16-53)47(59)41(35)49(39)61)38-36(34)42(50(40)62)48(60)28(46(38)58)22-54-17-9-10-18-54/h55-60H,3-22H2,1-2H3. The Kier molecular flexibility index (Phi) is 8.37. The van der Waals surface area contributed by atoms with Gasteiger partial charge in [-0.1, -0.05) is 0 Å². The van der Waals surface area contributed by atoms with Crippen LogP contribution in [0.1, 0.15) is 84.7 Å². The molecule has 8 aromatic rings. The second-order valence-corrected chi connectivity index (χ2v) is 19.1. The molecule has 12 heteroatoms. The third-order valence-electron chi connectivity index (χ3n) is 15.8. The first-order valence-electron chi connectivity index (χ1n) is 22.7. The summed E-state index contributed by atoms with van der Waals surface area (Å²) in [6.07, 6.45) is 7.86. The Labute approximate surface area is 356 Å². The summed E-state index contributed by atoms with van der Waals surface area (Å²) in [6.45, 7) is 11.3. The van der Waals surface area contributed by atoms with E-state index < -0.39 is 10.9 Å². The molecule has 0 aliphatic carbocycles. The van der Waals surface area contributed by atoms with E-state index >= 15 is 9.59 Å². The number of nitrogens with zero attached hydrogens (tertiary/aromatic N) is 4. The van der Waals surface area contributed by atoms with E-state index in [9.17, 15) is 30.6 Å². The van der Waals surface area contributed by atoms with Gasteiger partial charge in [0.25, 0.3) is 0 Å². The third kappa shape index (κ3) is 4.92. The second kappa shape index (κ2) is 13.6. The van der Waals surface area contributed by atoms with Crippen LogP contribution in [0.2, 0.25) is 0 Å². The van der Waals surface area contributed by atoms with Gasteiger partial charge in [-0.2, -0.15) is 0 Å². The van der Waals surface area contributed by atoms with Crippen LogP contribution in [0, 0.1) is 13.8 Å². The Balaban J connectivity index is 1.38. The number of rotatable bonds is 8. The highest BCUT2D eigenvalue weighted by atomic mass is 16.3. The molecule has 4 heterocycles. The zero-order chi connectivity index (χ0) is 42.6. The molecule has 12 rings (SSSR count). The Morgan fingerprint density at radius 3 is 0.806 bits per heavy atom. The fraction of sp³-hybridized carbons (Fsp3) is 0.440. The summed E-state index contributed by atoms with van der Waals surface area (Å²) in [5, 5.41) is 79.4. The van der Waals surface area contributed by atoms with Gasteiger partial charge in [0.2, 0.25) is 10.9 Å². The molecule has 0 atom stereocenters. The average Bonchev–Trinajstić information content (AvgIpc) is 4.11. The summed E-state index contributed by atoms with van der Waals surface area (Å²) in [6, 6.07) is 0. The highest BCUT2D eigenvalue weighted by Gasteiger charge is 2.38. The highest BCUT2D eigenvalue weighted by Crippen LogP contribution is 2.60. The fourth-order valence-corrected chi connectivity index (χ4v) is 12.7. The molecule has 0 unspecified atom stereocenters. The van der Waals surface area contributed by atoms with Crippen molar-refractivity contribution in [3.8, 4) is 34.5 Å². The molecule has 4 saturated heterocycles. The normalized spacial score (nSPS) is 18.9. The molecular formula is C50H52N4O8. The van der Waals surface area contributed by atoms with Crippen molar-refractivity contribution in [3.05, 3.63) is 53.8 Å². The zero-order valence-corrected chi connectivity index (χ0v) is 35.4. The van der Waals surface area contributed by atoms with Crippen molar-refractivity contribution in [1.82, 2.24) is 19.6 Å². The molecule has 0 bridgehead atoms. The highest BCUT2D eigenvalue weighted by molar-refractivity contribution is 6.51. The van der Waals surface area contributed by atoms with Crippen molar-refractivity contribution in [1.29, 1.82) is 0 Å². The molecule has 4 aliphatic heterocycles. The first-order valence-corrected chi connectivity index (χ1v) is 22.7. The average molecular weight is 837 g/mol. The molecule has 0 radical (unpaired) electrons. The number of likely N-dealkylation sites (tertiary alicyclic amines) is 4. The maximum Gasteiger partial charge on any atom is 0.201 e. The van der Waals surface area contributed by atoms with E-state index in [1.807, 2.05) is 13.8 Å². The SMILES string of the molecule is Cc1c(CN2CCCC2)c(O)c2c(=O)c3c(O)c(CN4CCCC4)c(O)c4c5c(O)c(CN6CCCC6)c(O)c6c(=O)c7c(O)c(CN8CCCC8)c(C)c8c1c2c(c34)c(c78)c65. The van der Waals surface area contributed by atoms with E-state index in [2.05, 4.69) is 19.6 Å². The van der Waals surface area contributed by atoms with E-state index in [4.69, 9.17) is 0 Å². The van der Waals surface area contributed by atoms with Gasteiger partial charge in [0, 0.05) is 80.4 Å². The zero-order valence-electron chi connectivity index (χ0n) is 35.4. The van der Waals surface area contributed by atoms with E-state index in [0.717, 1.165) is 115 Å². The van der Waals surface area contributed by atoms with Crippen LogP contribution in [-0.2, 0) is 26.2 Å². The maximum absolute atomic E-state index is 15.6. The number of aromatic hydroxyl groups is 6. The van der Waals surface area contributed by atoms with Gasteiger partial charge in [-0.15, -0.1) is 0 Å². The fourth-order valence-electron chi connectivity index (χ4n) is 12.7. The lowest BCUT2D eigenvalue weighted by Crippen LogP contribution is -2.21. The predicted molar refractivity (Wildman–Crippen MR) is 244 cm³/mol. The summed E-state index contributed by atoms with van der Waals surface area (Å²) in [7, 11) is 0. The quantitative estimate of drug-likeness (QED) is 0.0661. The minimum atomic E-state index is -0.578. The topological polar surface area (TPSA) is 168 Å². The molecule has 0 saturated carbocycles. The van der Waals surface area contributed by atoms with Crippen molar-refractivity contribution < 1.29 is 30.6 Å². The lowest BCUT2D eigenvalue weighted by atomic mass is 9.75. The van der Waals surface area contributed by atoms with Gasteiger partial charge in [-0.3, -0.25) is 29.2 Å². The van der Waals surface area contributed by atoms with Crippen LogP contribution in [0.25, 0.3) is 75.4 Å². The number of benzene rings is 8. The minimum Gasteiger partial charge on any atom is -0.507 e. The molecule has 0 aromatic heterocycles. The number of fused-ring (bicyclic) bond motifs is 2. The number of phenols is 6. The van der Waals surface area contributed by atoms with Crippen molar-refractivity contribution in [3.63, 3.8) is 0 Å². The molecule has 320 valence electrons. The van der Waals surface area contributed by atoms with Gasteiger partial charge >= 0.3 is 0 Å². The van der Waals surface area contributed by atoms with E-state index in [1.54, 1.807) is 0 Å². The molecule has 4 fully saturated rings. The van der Waals surface area contributed by atoms with Crippen LogP contribution in [0.15, 0.2) is 9.59 Å². The first-order chi connectivity index (χ1) is 30.0. The summed E-state index contributed by atoms with van der Waals surface area (Å²) in [5.74, 6) is -1.68. The smallest absolute Gasteiger partial charge is 0.201 e. The Morgan fingerprint density at radius 2 is 0.516 bits per heavy atom. The molecule has 0 amide bonds. The predicted octanol–water partition coefficient (Wildman–Crippen LogP) is 7.46. The van der Waals surface area contributed by atoms with Crippen LogP contribution in [0.4, 0.5) is 0 Å². The number of hydrogen-bond donors (Lipinski definition) is 6. The van der Waals surface area contributed by atoms with E-state index in [0.29, 0.717) is 56.5 Å². The first kappa shape index (κ1) is 38.3. The lowest BCUT2D eigenvalue weighted by molar-refractivity contribution is 0.317.